The maximum Gasteiger partial charge on any atom is 0.336 e. The van der Waals surface area contributed by atoms with E-state index in [1.807, 2.05) is 0 Å². The lowest BCUT2D eigenvalue weighted by atomic mass is 9.90. The number of ether oxygens (including phenoxy) is 3. The van der Waals surface area contributed by atoms with E-state index in [9.17, 15) is 14.4 Å². The summed E-state index contributed by atoms with van der Waals surface area (Å²) in [6.45, 7) is 15.0. The number of rotatable bonds is 6. The second kappa shape index (κ2) is 7.95. The van der Waals surface area contributed by atoms with Gasteiger partial charge < -0.3 is 14.2 Å². The van der Waals surface area contributed by atoms with Crippen LogP contribution in [-0.4, -0.2) is 29.8 Å². The highest BCUT2D eigenvalue weighted by atomic mass is 16.8. The Hall–Kier alpha value is -2.37. The molecule has 0 N–H and O–H groups in total. The van der Waals surface area contributed by atoms with Crippen LogP contribution in [0.25, 0.3) is 0 Å². The van der Waals surface area contributed by atoms with Gasteiger partial charge >= 0.3 is 17.9 Å². The first-order valence-electron chi connectivity index (χ1n) is 7.73. The molecule has 1 aliphatic carbocycles. The standard InChI is InChI=1S/C18H24O6/c1-11(2)15(19)22-14-9-7-8-10-18(14,23-16(20)12(3)4)24-17(21)13(5)6/h14H,1,3,5,7-10H2,2,4,6H3. The van der Waals surface area contributed by atoms with Crippen LogP contribution in [0.3, 0.4) is 0 Å². The minimum Gasteiger partial charge on any atom is -0.451 e. The summed E-state index contributed by atoms with van der Waals surface area (Å²) in [5.74, 6) is -3.76. The zero-order chi connectivity index (χ0) is 18.5. The maximum atomic E-state index is 12.0. The number of carbonyl (C=O) groups is 3. The van der Waals surface area contributed by atoms with Crippen molar-refractivity contribution in [3.8, 4) is 0 Å². The average Bonchev–Trinajstić information content (AvgIpc) is 2.48. The van der Waals surface area contributed by atoms with Crippen LogP contribution in [-0.2, 0) is 28.6 Å². The van der Waals surface area contributed by atoms with Gasteiger partial charge in [-0.15, -0.1) is 0 Å². The van der Waals surface area contributed by atoms with Crippen molar-refractivity contribution in [2.45, 2.75) is 58.3 Å². The Bertz CT molecular complexity index is 558. The number of esters is 3. The Labute approximate surface area is 142 Å². The van der Waals surface area contributed by atoms with Gasteiger partial charge in [0.05, 0.1) is 0 Å². The summed E-state index contributed by atoms with van der Waals surface area (Å²) >= 11 is 0. The fraction of sp³-hybridized carbons (Fsp3) is 0.500. The van der Waals surface area contributed by atoms with Gasteiger partial charge in [0.25, 0.3) is 5.79 Å². The second-order valence-corrected chi connectivity index (χ2v) is 6.07. The first-order chi connectivity index (χ1) is 11.1. The van der Waals surface area contributed by atoms with Crippen LogP contribution < -0.4 is 0 Å². The molecule has 0 amide bonds. The molecule has 1 saturated carbocycles. The average molecular weight is 336 g/mol. The third-order valence-corrected chi connectivity index (χ3v) is 3.56. The largest absolute Gasteiger partial charge is 0.451 e. The Morgan fingerprint density at radius 1 is 0.833 bits per heavy atom. The van der Waals surface area contributed by atoms with E-state index < -0.39 is 29.8 Å². The molecule has 0 aromatic heterocycles. The van der Waals surface area contributed by atoms with Gasteiger partial charge in [-0.3, -0.25) is 0 Å². The molecule has 1 unspecified atom stereocenters. The Balaban J connectivity index is 3.17. The molecule has 0 bridgehead atoms. The topological polar surface area (TPSA) is 78.9 Å². The van der Waals surface area contributed by atoms with Crippen molar-refractivity contribution in [2.75, 3.05) is 0 Å². The summed E-state index contributed by atoms with van der Waals surface area (Å²) < 4.78 is 16.2. The molecule has 6 nitrogen and oxygen atoms in total. The SMILES string of the molecule is C=C(C)C(=O)OC1CCCCC1(OC(=O)C(=C)C)OC(=O)C(=C)C. The van der Waals surface area contributed by atoms with Gasteiger partial charge in [-0.2, -0.15) is 0 Å². The molecule has 1 atom stereocenters. The van der Waals surface area contributed by atoms with Crippen LogP contribution in [0.2, 0.25) is 0 Å². The van der Waals surface area contributed by atoms with E-state index >= 15 is 0 Å². The molecule has 6 heteroatoms. The van der Waals surface area contributed by atoms with Gasteiger partial charge in [-0.1, -0.05) is 19.7 Å². The molecule has 1 rings (SSSR count). The smallest absolute Gasteiger partial charge is 0.336 e. The van der Waals surface area contributed by atoms with Crippen molar-refractivity contribution >= 4 is 17.9 Å². The second-order valence-electron chi connectivity index (χ2n) is 6.07. The monoisotopic (exact) mass is 336 g/mol. The van der Waals surface area contributed by atoms with E-state index in [1.54, 1.807) is 0 Å². The minimum absolute atomic E-state index is 0.149. The van der Waals surface area contributed by atoms with Gasteiger partial charge in [0.2, 0.25) is 0 Å². The summed E-state index contributed by atoms with van der Waals surface area (Å²) in [6, 6.07) is 0. The molecule has 0 saturated heterocycles. The Morgan fingerprint density at radius 2 is 1.29 bits per heavy atom. The number of hydrogen-bond acceptors (Lipinski definition) is 6. The van der Waals surface area contributed by atoms with Gasteiger partial charge in [0.15, 0.2) is 6.10 Å². The van der Waals surface area contributed by atoms with E-state index in [2.05, 4.69) is 19.7 Å². The van der Waals surface area contributed by atoms with Crippen LogP contribution >= 0.6 is 0 Å². The van der Waals surface area contributed by atoms with Crippen LogP contribution in [0.1, 0.15) is 46.5 Å². The molecule has 0 radical (unpaired) electrons. The molecular weight excluding hydrogens is 312 g/mol. The van der Waals surface area contributed by atoms with Gasteiger partial charge in [0, 0.05) is 23.1 Å². The third kappa shape index (κ3) is 4.81. The van der Waals surface area contributed by atoms with E-state index in [-0.39, 0.29) is 23.1 Å². The normalized spacial score (nSPS) is 18.9. The van der Waals surface area contributed by atoms with Crippen molar-refractivity contribution in [3.63, 3.8) is 0 Å². The van der Waals surface area contributed by atoms with Crippen molar-refractivity contribution in [2.24, 2.45) is 0 Å². The summed E-state index contributed by atoms with van der Waals surface area (Å²) in [4.78, 5) is 36.0. The third-order valence-electron chi connectivity index (χ3n) is 3.56. The van der Waals surface area contributed by atoms with Gasteiger partial charge in [0.1, 0.15) is 0 Å². The lowest BCUT2D eigenvalue weighted by molar-refractivity contribution is -0.271. The Kier molecular flexibility index (Phi) is 6.51. The first-order valence-corrected chi connectivity index (χ1v) is 7.73. The van der Waals surface area contributed by atoms with E-state index in [4.69, 9.17) is 14.2 Å². The van der Waals surface area contributed by atoms with Crippen molar-refractivity contribution < 1.29 is 28.6 Å². The molecule has 1 aliphatic rings. The van der Waals surface area contributed by atoms with E-state index in [0.717, 1.165) is 6.42 Å². The lowest BCUT2D eigenvalue weighted by Crippen LogP contribution is -2.54. The van der Waals surface area contributed by atoms with Crippen molar-refractivity contribution in [1.82, 2.24) is 0 Å². The highest BCUT2D eigenvalue weighted by Gasteiger charge is 2.50. The summed E-state index contributed by atoms with van der Waals surface area (Å²) in [7, 11) is 0. The number of carbonyl (C=O) groups excluding carboxylic acids is 3. The molecule has 132 valence electrons. The maximum absolute atomic E-state index is 12.0. The summed E-state index contributed by atoms with van der Waals surface area (Å²) in [5.41, 5.74) is 0.500. The van der Waals surface area contributed by atoms with E-state index in [1.165, 1.54) is 20.8 Å². The zero-order valence-electron chi connectivity index (χ0n) is 14.5. The molecule has 24 heavy (non-hydrogen) atoms. The Morgan fingerprint density at radius 3 is 1.71 bits per heavy atom. The summed E-state index contributed by atoms with van der Waals surface area (Å²) in [6.07, 6.45) is 1.09. The number of hydrogen-bond donors (Lipinski definition) is 0. The molecule has 0 heterocycles. The van der Waals surface area contributed by atoms with Crippen LogP contribution in [0.4, 0.5) is 0 Å². The highest BCUT2D eigenvalue weighted by molar-refractivity contribution is 5.89. The van der Waals surface area contributed by atoms with Crippen molar-refractivity contribution in [1.29, 1.82) is 0 Å². The molecule has 0 spiro atoms. The first kappa shape index (κ1) is 19.7. The molecular formula is C18H24O6. The molecule has 0 aromatic rings. The highest BCUT2D eigenvalue weighted by Crippen LogP contribution is 2.37. The van der Waals surface area contributed by atoms with Crippen molar-refractivity contribution in [3.05, 3.63) is 36.5 Å². The predicted molar refractivity (Wildman–Crippen MR) is 87.7 cm³/mol. The van der Waals surface area contributed by atoms with Crippen LogP contribution in [0, 0.1) is 0 Å². The van der Waals surface area contributed by atoms with E-state index in [0.29, 0.717) is 12.8 Å². The zero-order valence-corrected chi connectivity index (χ0v) is 14.5. The lowest BCUT2D eigenvalue weighted by Gasteiger charge is -2.41. The van der Waals surface area contributed by atoms with Crippen LogP contribution in [0.15, 0.2) is 36.5 Å². The van der Waals surface area contributed by atoms with Gasteiger partial charge in [-0.25, -0.2) is 14.4 Å². The molecule has 0 aromatic carbocycles. The van der Waals surface area contributed by atoms with Gasteiger partial charge in [-0.05, 0) is 40.0 Å². The fourth-order valence-corrected chi connectivity index (χ4v) is 2.20. The van der Waals surface area contributed by atoms with Crippen LogP contribution in [0.5, 0.6) is 0 Å². The molecule has 1 fully saturated rings. The summed E-state index contributed by atoms with van der Waals surface area (Å²) in [5, 5.41) is 0. The quantitative estimate of drug-likeness (QED) is 0.421. The fourth-order valence-electron chi connectivity index (χ4n) is 2.20. The minimum atomic E-state index is -1.69. The molecule has 0 aliphatic heterocycles. The predicted octanol–water partition coefficient (Wildman–Crippen LogP) is 2.98.